The maximum atomic E-state index is 12.2. The molecule has 2 aromatic rings. The Hall–Kier alpha value is -2.14. The summed E-state index contributed by atoms with van der Waals surface area (Å²) in [5.41, 5.74) is 0.856. The lowest BCUT2D eigenvalue weighted by atomic mass is 10.0. The minimum Gasteiger partial charge on any atom is -0.345 e. The number of amides is 2. The molecule has 1 N–H and O–H groups in total. The quantitative estimate of drug-likeness (QED) is 0.939. The molecular weight excluding hydrogens is 284 g/mol. The number of carbonyl (C=O) groups is 2. The van der Waals surface area contributed by atoms with Gasteiger partial charge in [0.2, 0.25) is 11.8 Å². The van der Waals surface area contributed by atoms with Crippen molar-refractivity contribution in [3.05, 3.63) is 58.3 Å². The lowest BCUT2D eigenvalue weighted by molar-refractivity contribution is -0.145. The van der Waals surface area contributed by atoms with E-state index in [9.17, 15) is 9.59 Å². The Kier molecular flexibility index (Phi) is 4.01. The molecule has 1 aliphatic heterocycles. The van der Waals surface area contributed by atoms with Crippen molar-refractivity contribution >= 4 is 23.2 Å². The normalized spacial score (nSPS) is 18.7. The summed E-state index contributed by atoms with van der Waals surface area (Å²) in [6.07, 6.45) is 0.778. The summed E-state index contributed by atoms with van der Waals surface area (Å²) in [5.74, 6) is -0.132. The largest absolute Gasteiger partial charge is 0.345 e. The Labute approximate surface area is 127 Å². The zero-order valence-electron chi connectivity index (χ0n) is 11.5. The Morgan fingerprint density at radius 3 is 2.67 bits per heavy atom. The van der Waals surface area contributed by atoms with Crippen LogP contribution in [0.1, 0.15) is 16.5 Å². The van der Waals surface area contributed by atoms with Crippen molar-refractivity contribution in [2.75, 3.05) is 13.1 Å². The summed E-state index contributed by atoms with van der Waals surface area (Å²) in [6, 6.07) is 13.0. The molecule has 0 aliphatic carbocycles. The molecule has 1 saturated heterocycles. The van der Waals surface area contributed by atoms with Gasteiger partial charge < -0.3 is 10.2 Å². The minimum absolute atomic E-state index is 0.0278. The molecule has 1 aromatic carbocycles. The zero-order chi connectivity index (χ0) is 14.7. The van der Waals surface area contributed by atoms with Gasteiger partial charge in [-0.3, -0.25) is 9.59 Å². The third-order valence-electron chi connectivity index (χ3n) is 3.59. The van der Waals surface area contributed by atoms with E-state index in [1.165, 1.54) is 4.88 Å². The highest BCUT2D eigenvalue weighted by atomic mass is 32.1. The molecular formula is C16H16N2O2S. The van der Waals surface area contributed by atoms with Crippen molar-refractivity contribution < 1.29 is 9.59 Å². The molecule has 0 saturated carbocycles. The number of piperazine rings is 1. The Balaban J connectivity index is 1.82. The SMILES string of the molecule is O=C1NCC(=O)N(CCc2cccs2)C1c1ccccc1. The predicted octanol–water partition coefficient (Wildman–Crippen LogP) is 1.99. The van der Waals surface area contributed by atoms with Crippen molar-refractivity contribution in [1.82, 2.24) is 10.2 Å². The van der Waals surface area contributed by atoms with Crippen molar-refractivity contribution in [3.63, 3.8) is 0 Å². The molecule has 0 radical (unpaired) electrons. The number of nitrogens with zero attached hydrogens (tertiary/aromatic N) is 1. The van der Waals surface area contributed by atoms with Crippen LogP contribution in [0.2, 0.25) is 0 Å². The second-order valence-corrected chi connectivity index (χ2v) is 5.98. The average Bonchev–Trinajstić information content (AvgIpc) is 3.02. The smallest absolute Gasteiger partial charge is 0.247 e. The maximum absolute atomic E-state index is 12.2. The van der Waals surface area contributed by atoms with Crippen molar-refractivity contribution in [2.24, 2.45) is 0 Å². The first kappa shape index (κ1) is 13.8. The van der Waals surface area contributed by atoms with Crippen molar-refractivity contribution in [1.29, 1.82) is 0 Å². The van der Waals surface area contributed by atoms with E-state index in [1.807, 2.05) is 41.8 Å². The first-order chi connectivity index (χ1) is 10.3. The van der Waals surface area contributed by atoms with Gasteiger partial charge in [0.15, 0.2) is 0 Å². The van der Waals surface area contributed by atoms with Gasteiger partial charge in [-0.2, -0.15) is 0 Å². The number of carbonyl (C=O) groups excluding carboxylic acids is 2. The Morgan fingerprint density at radius 1 is 1.14 bits per heavy atom. The second-order valence-electron chi connectivity index (χ2n) is 4.95. The van der Waals surface area contributed by atoms with Crippen LogP contribution in [0.3, 0.4) is 0 Å². The molecule has 1 fully saturated rings. The maximum Gasteiger partial charge on any atom is 0.247 e. The number of rotatable bonds is 4. The number of benzene rings is 1. The van der Waals surface area contributed by atoms with Crippen LogP contribution in [0.25, 0.3) is 0 Å². The molecule has 3 rings (SSSR count). The van der Waals surface area contributed by atoms with E-state index in [4.69, 9.17) is 0 Å². The van der Waals surface area contributed by atoms with Gasteiger partial charge in [-0.1, -0.05) is 36.4 Å². The molecule has 5 heteroatoms. The third kappa shape index (κ3) is 2.97. The van der Waals surface area contributed by atoms with Crippen LogP contribution in [0, 0.1) is 0 Å². The van der Waals surface area contributed by atoms with Gasteiger partial charge in [-0.25, -0.2) is 0 Å². The highest BCUT2D eigenvalue weighted by molar-refractivity contribution is 7.09. The topological polar surface area (TPSA) is 49.4 Å². The molecule has 4 nitrogen and oxygen atoms in total. The summed E-state index contributed by atoms with van der Waals surface area (Å²) < 4.78 is 0. The van der Waals surface area contributed by atoms with Gasteiger partial charge in [-0.05, 0) is 23.4 Å². The van der Waals surface area contributed by atoms with Crippen molar-refractivity contribution in [3.8, 4) is 0 Å². The van der Waals surface area contributed by atoms with E-state index in [0.29, 0.717) is 6.54 Å². The van der Waals surface area contributed by atoms with Gasteiger partial charge in [0.1, 0.15) is 6.04 Å². The summed E-state index contributed by atoms with van der Waals surface area (Å²) in [4.78, 5) is 27.3. The van der Waals surface area contributed by atoms with Crippen LogP contribution in [0.15, 0.2) is 47.8 Å². The van der Waals surface area contributed by atoms with Gasteiger partial charge in [0, 0.05) is 11.4 Å². The molecule has 1 aliphatic rings. The lowest BCUT2D eigenvalue weighted by Crippen LogP contribution is -2.53. The number of hydrogen-bond donors (Lipinski definition) is 1. The van der Waals surface area contributed by atoms with Crippen LogP contribution >= 0.6 is 11.3 Å². The fourth-order valence-corrected chi connectivity index (χ4v) is 3.25. The van der Waals surface area contributed by atoms with Gasteiger partial charge in [-0.15, -0.1) is 11.3 Å². The van der Waals surface area contributed by atoms with Gasteiger partial charge in [0.05, 0.1) is 6.54 Å². The van der Waals surface area contributed by atoms with Crippen LogP contribution in [-0.4, -0.2) is 29.8 Å². The second kappa shape index (κ2) is 6.10. The summed E-state index contributed by atoms with van der Waals surface area (Å²) >= 11 is 1.67. The van der Waals surface area contributed by atoms with Crippen LogP contribution in [0.4, 0.5) is 0 Å². The van der Waals surface area contributed by atoms with E-state index < -0.39 is 6.04 Å². The highest BCUT2D eigenvalue weighted by Crippen LogP contribution is 2.24. The fraction of sp³-hybridized carbons (Fsp3) is 0.250. The van der Waals surface area contributed by atoms with Crippen LogP contribution in [0.5, 0.6) is 0 Å². The van der Waals surface area contributed by atoms with Crippen molar-refractivity contribution in [2.45, 2.75) is 12.5 Å². The van der Waals surface area contributed by atoms with E-state index in [2.05, 4.69) is 11.4 Å². The molecule has 1 atom stereocenters. The van der Waals surface area contributed by atoms with E-state index >= 15 is 0 Å². The molecule has 0 bridgehead atoms. The van der Waals surface area contributed by atoms with E-state index in [0.717, 1.165) is 12.0 Å². The monoisotopic (exact) mass is 300 g/mol. The Morgan fingerprint density at radius 2 is 1.95 bits per heavy atom. The number of thiophene rings is 1. The number of nitrogens with one attached hydrogen (secondary N) is 1. The predicted molar refractivity (Wildman–Crippen MR) is 81.9 cm³/mol. The standard InChI is InChI=1S/C16H16N2O2S/c19-14-11-17-16(20)15(12-5-2-1-3-6-12)18(14)9-8-13-7-4-10-21-13/h1-7,10,15H,8-9,11H2,(H,17,20). The van der Waals surface area contributed by atoms with E-state index in [-0.39, 0.29) is 18.4 Å². The Bertz CT molecular complexity index is 625. The van der Waals surface area contributed by atoms with Gasteiger partial charge in [0.25, 0.3) is 0 Å². The van der Waals surface area contributed by atoms with Crippen LogP contribution in [-0.2, 0) is 16.0 Å². The molecule has 2 amide bonds. The molecule has 1 aromatic heterocycles. The van der Waals surface area contributed by atoms with Gasteiger partial charge >= 0.3 is 0 Å². The zero-order valence-corrected chi connectivity index (χ0v) is 12.3. The summed E-state index contributed by atoms with van der Waals surface area (Å²) in [6.45, 7) is 0.652. The fourth-order valence-electron chi connectivity index (χ4n) is 2.55. The number of hydrogen-bond acceptors (Lipinski definition) is 3. The molecule has 21 heavy (non-hydrogen) atoms. The van der Waals surface area contributed by atoms with E-state index in [1.54, 1.807) is 16.2 Å². The third-order valence-corrected chi connectivity index (χ3v) is 4.52. The first-order valence-corrected chi connectivity index (χ1v) is 7.78. The molecule has 2 heterocycles. The summed E-state index contributed by atoms with van der Waals surface area (Å²) in [5, 5.41) is 4.70. The molecule has 108 valence electrons. The summed E-state index contributed by atoms with van der Waals surface area (Å²) in [7, 11) is 0. The highest BCUT2D eigenvalue weighted by Gasteiger charge is 2.35. The average molecular weight is 300 g/mol. The first-order valence-electron chi connectivity index (χ1n) is 6.90. The minimum atomic E-state index is -0.521. The lowest BCUT2D eigenvalue weighted by Gasteiger charge is -2.35. The molecule has 1 unspecified atom stereocenters. The van der Waals surface area contributed by atoms with Crippen LogP contribution < -0.4 is 5.32 Å². The molecule has 0 spiro atoms.